The van der Waals surface area contributed by atoms with Crippen molar-refractivity contribution in [2.24, 2.45) is 0 Å². The van der Waals surface area contributed by atoms with E-state index in [1.54, 1.807) is 0 Å². The Hall–Kier alpha value is -7.30. The van der Waals surface area contributed by atoms with Gasteiger partial charge in [0.25, 0.3) is 0 Å². The van der Waals surface area contributed by atoms with Crippen LogP contribution in [0.5, 0.6) is 11.5 Å². The number of rotatable bonds is 6. The zero-order valence-electron chi connectivity index (χ0n) is 33.5. The molecule has 0 spiro atoms. The molecule has 0 saturated heterocycles. The molecular weight excluding hydrogens is 733 g/mol. The van der Waals surface area contributed by atoms with E-state index in [-0.39, 0.29) is 24.0 Å². The number of nitrogens with zero attached hydrogens (tertiary/aromatic N) is 2. The Morgan fingerprint density at radius 1 is 0.367 bits per heavy atom. The standard InChI is InChI=1S/C56H42N2O2/c1-35-15-11-17-37(31-35)57(49-27-13-25-45-43-23-7-9-29-53(43)59-55(45)49)51-33-47-40-20-4-6-22-42(40)52(34-48(47)39-19-3-5-21-41(39)51)58(38-18-12-16-36(2)32-38)50-28-14-26-46-44-24-8-10-30-54(44)60-56(46)50/h3-34,43-44,53-54H,1-2H3. The van der Waals surface area contributed by atoms with Gasteiger partial charge >= 0.3 is 0 Å². The van der Waals surface area contributed by atoms with Crippen LogP contribution in [0.2, 0.25) is 0 Å². The molecule has 60 heavy (non-hydrogen) atoms. The summed E-state index contributed by atoms with van der Waals surface area (Å²) in [7, 11) is 0. The molecular formula is C56H42N2O2. The zero-order chi connectivity index (χ0) is 39.9. The minimum atomic E-state index is -0.0224. The molecule has 8 aromatic carbocycles. The summed E-state index contributed by atoms with van der Waals surface area (Å²) in [6.07, 6.45) is 17.3. The lowest BCUT2D eigenvalue weighted by atomic mass is 9.91. The summed E-state index contributed by atoms with van der Waals surface area (Å²) >= 11 is 0. The predicted octanol–water partition coefficient (Wildman–Crippen LogP) is 14.6. The fourth-order valence-electron chi connectivity index (χ4n) is 10.1. The summed E-state index contributed by atoms with van der Waals surface area (Å²) in [5.41, 5.74) is 11.3. The van der Waals surface area contributed by atoms with E-state index >= 15 is 0 Å². The van der Waals surface area contributed by atoms with Crippen molar-refractivity contribution in [2.75, 3.05) is 9.80 Å². The molecule has 4 unspecified atom stereocenters. The highest BCUT2D eigenvalue weighted by Gasteiger charge is 2.37. The first-order valence-electron chi connectivity index (χ1n) is 21.0. The van der Waals surface area contributed by atoms with Gasteiger partial charge in [-0.05, 0) is 107 Å². The molecule has 0 N–H and O–H groups in total. The Labute approximate surface area is 350 Å². The molecule has 4 atom stereocenters. The number of hydrogen-bond donors (Lipinski definition) is 0. The molecule has 12 rings (SSSR count). The Bertz CT molecular complexity index is 2980. The molecule has 2 aliphatic carbocycles. The highest BCUT2D eigenvalue weighted by atomic mass is 16.5. The third-order valence-corrected chi connectivity index (χ3v) is 12.8. The van der Waals surface area contributed by atoms with Crippen molar-refractivity contribution in [3.05, 3.63) is 216 Å². The second-order valence-electron chi connectivity index (χ2n) is 16.5. The lowest BCUT2D eigenvalue weighted by Gasteiger charge is -2.31. The summed E-state index contributed by atoms with van der Waals surface area (Å²) in [6.45, 7) is 4.33. The second-order valence-corrected chi connectivity index (χ2v) is 16.5. The molecule has 4 aliphatic rings. The van der Waals surface area contributed by atoms with E-state index in [4.69, 9.17) is 9.47 Å². The van der Waals surface area contributed by atoms with E-state index in [9.17, 15) is 0 Å². The summed E-state index contributed by atoms with van der Waals surface area (Å²) in [5.74, 6) is 2.24. The maximum atomic E-state index is 6.86. The fourth-order valence-corrected chi connectivity index (χ4v) is 10.1. The zero-order valence-corrected chi connectivity index (χ0v) is 33.5. The number of allylic oxidation sites excluding steroid dienone is 4. The molecule has 4 heteroatoms. The predicted molar refractivity (Wildman–Crippen MR) is 249 cm³/mol. The van der Waals surface area contributed by atoms with Crippen molar-refractivity contribution in [3.63, 3.8) is 0 Å². The van der Waals surface area contributed by atoms with Crippen molar-refractivity contribution in [2.45, 2.75) is 37.9 Å². The third kappa shape index (κ3) is 5.37. The highest BCUT2D eigenvalue weighted by Crippen LogP contribution is 2.55. The van der Waals surface area contributed by atoms with E-state index in [1.807, 2.05) is 0 Å². The van der Waals surface area contributed by atoms with Crippen LogP contribution in [0.15, 0.2) is 194 Å². The van der Waals surface area contributed by atoms with Crippen LogP contribution in [0.3, 0.4) is 0 Å². The van der Waals surface area contributed by atoms with Crippen molar-refractivity contribution >= 4 is 66.4 Å². The van der Waals surface area contributed by atoms with Gasteiger partial charge in [0.2, 0.25) is 0 Å². The minimum absolute atomic E-state index is 0.0224. The smallest absolute Gasteiger partial charge is 0.148 e. The fraction of sp³-hybridized carbons (Fsp3) is 0.107. The Kier molecular flexibility index (Phi) is 7.89. The minimum Gasteiger partial charge on any atom is -0.483 e. The normalized spacial score (nSPS) is 19.2. The van der Waals surface area contributed by atoms with Gasteiger partial charge < -0.3 is 19.3 Å². The Balaban J connectivity index is 1.13. The number of benzene rings is 8. The van der Waals surface area contributed by atoms with Crippen molar-refractivity contribution < 1.29 is 9.47 Å². The van der Waals surface area contributed by atoms with Crippen molar-refractivity contribution in [3.8, 4) is 11.5 Å². The van der Waals surface area contributed by atoms with Crippen molar-refractivity contribution in [1.82, 2.24) is 0 Å². The number of fused-ring (bicyclic) bond motifs is 11. The molecule has 0 radical (unpaired) electrons. The molecule has 2 heterocycles. The van der Waals surface area contributed by atoms with Crippen LogP contribution < -0.4 is 19.3 Å². The number of hydrogen-bond acceptors (Lipinski definition) is 4. The van der Waals surface area contributed by atoms with Gasteiger partial charge in [-0.25, -0.2) is 0 Å². The summed E-state index contributed by atoms with van der Waals surface area (Å²) < 4.78 is 13.7. The van der Waals surface area contributed by atoms with Crippen LogP contribution in [0.4, 0.5) is 34.1 Å². The van der Waals surface area contributed by atoms with Gasteiger partial charge in [0, 0.05) is 45.1 Å². The van der Waals surface area contributed by atoms with Crippen LogP contribution >= 0.6 is 0 Å². The molecule has 0 bridgehead atoms. The van der Waals surface area contributed by atoms with E-state index in [0.29, 0.717) is 0 Å². The third-order valence-electron chi connectivity index (χ3n) is 12.8. The monoisotopic (exact) mass is 774 g/mol. The molecule has 0 fully saturated rings. The van der Waals surface area contributed by atoms with Gasteiger partial charge in [-0.15, -0.1) is 0 Å². The molecule has 2 aliphatic heterocycles. The molecule has 4 nitrogen and oxygen atoms in total. The maximum Gasteiger partial charge on any atom is 0.148 e. The van der Waals surface area contributed by atoms with Crippen LogP contribution in [0, 0.1) is 13.8 Å². The summed E-state index contributed by atoms with van der Waals surface area (Å²) in [6, 6.07) is 53.5. The first-order valence-corrected chi connectivity index (χ1v) is 21.0. The lowest BCUT2D eigenvalue weighted by Crippen LogP contribution is -2.16. The number of ether oxygens (including phenoxy) is 2. The van der Waals surface area contributed by atoms with E-state index in [1.165, 1.54) is 43.8 Å². The molecule has 0 aromatic heterocycles. The van der Waals surface area contributed by atoms with Crippen LogP contribution in [-0.2, 0) is 0 Å². The van der Waals surface area contributed by atoms with E-state index in [0.717, 1.165) is 56.4 Å². The van der Waals surface area contributed by atoms with Gasteiger partial charge in [-0.3, -0.25) is 0 Å². The topological polar surface area (TPSA) is 24.9 Å². The van der Waals surface area contributed by atoms with Crippen LogP contribution in [0.25, 0.3) is 32.3 Å². The van der Waals surface area contributed by atoms with Gasteiger partial charge in [0.05, 0.1) is 22.7 Å². The first kappa shape index (κ1) is 34.7. The first-order chi connectivity index (χ1) is 29.6. The average Bonchev–Trinajstić information content (AvgIpc) is 3.87. The summed E-state index contributed by atoms with van der Waals surface area (Å²) in [5, 5.41) is 7.07. The Morgan fingerprint density at radius 3 is 1.23 bits per heavy atom. The molecule has 8 aromatic rings. The number of anilines is 6. The van der Waals surface area contributed by atoms with E-state index < -0.39 is 0 Å². The molecule has 288 valence electrons. The average molecular weight is 775 g/mol. The Morgan fingerprint density at radius 2 is 0.783 bits per heavy atom. The van der Waals surface area contributed by atoms with Crippen molar-refractivity contribution in [1.29, 1.82) is 0 Å². The SMILES string of the molecule is Cc1cccc(N(c2cccc3c2OC2C=CC=CC32)c2cc3c4ccccc4c(N(c4cccc(C)c4)c4cccc5c4OC4C=CC=CC54)cc3c3ccccc23)c1. The quantitative estimate of drug-likeness (QED) is 0.157. The van der Waals surface area contributed by atoms with Crippen LogP contribution in [0.1, 0.15) is 34.1 Å². The number of para-hydroxylation sites is 2. The van der Waals surface area contributed by atoms with Gasteiger partial charge in [0.1, 0.15) is 23.7 Å². The maximum absolute atomic E-state index is 6.86. The van der Waals surface area contributed by atoms with Crippen LogP contribution in [-0.4, -0.2) is 12.2 Å². The van der Waals surface area contributed by atoms with E-state index in [2.05, 4.69) is 218 Å². The van der Waals surface area contributed by atoms with Gasteiger partial charge in [0.15, 0.2) is 0 Å². The number of aryl methyl sites for hydroxylation is 2. The second kappa shape index (κ2) is 13.6. The largest absolute Gasteiger partial charge is 0.483 e. The van der Waals surface area contributed by atoms with Gasteiger partial charge in [-0.2, -0.15) is 0 Å². The summed E-state index contributed by atoms with van der Waals surface area (Å²) in [4.78, 5) is 4.85. The highest BCUT2D eigenvalue weighted by molar-refractivity contribution is 6.24. The molecule has 0 amide bonds. The molecule has 0 saturated carbocycles. The lowest BCUT2D eigenvalue weighted by molar-refractivity contribution is 0.269. The van der Waals surface area contributed by atoms with Gasteiger partial charge in [-0.1, -0.05) is 134 Å².